The van der Waals surface area contributed by atoms with Crippen LogP contribution in [-0.2, 0) is 24.3 Å². The molecule has 0 aromatic heterocycles. The van der Waals surface area contributed by atoms with Crippen molar-refractivity contribution >= 4 is 34.0 Å². The molecule has 5 aliphatic rings. The second kappa shape index (κ2) is 13.4. The summed E-state index contributed by atoms with van der Waals surface area (Å²) in [5, 5.41) is 2.98. The summed E-state index contributed by atoms with van der Waals surface area (Å²) in [5.41, 5.74) is 4.73. The second-order valence-electron chi connectivity index (χ2n) is 14.8. The maximum Gasteiger partial charge on any atom is 0.419 e. The molecule has 4 fully saturated rings. The van der Waals surface area contributed by atoms with Crippen LogP contribution >= 0.6 is 0 Å². The van der Waals surface area contributed by atoms with Crippen molar-refractivity contribution in [3.05, 3.63) is 12.2 Å². The van der Waals surface area contributed by atoms with Crippen molar-refractivity contribution in [2.45, 2.75) is 132 Å². The summed E-state index contributed by atoms with van der Waals surface area (Å²) in [6.07, 6.45) is 10.1. The second-order valence-corrected chi connectivity index (χ2v) is 16.9. The Labute approximate surface area is 273 Å². The zero-order chi connectivity index (χ0) is 33.4. The molecule has 0 bridgehead atoms. The Kier molecular flexibility index (Phi) is 10.1. The molecular formula is C32H52N6O7S. The zero-order valence-electron chi connectivity index (χ0n) is 27.8. The Morgan fingerprint density at radius 3 is 2.28 bits per heavy atom. The summed E-state index contributed by atoms with van der Waals surface area (Å²) in [4.78, 5) is 56.9. The van der Waals surface area contributed by atoms with Crippen LogP contribution < -0.4 is 11.1 Å². The van der Waals surface area contributed by atoms with E-state index in [2.05, 4.69) is 10.2 Å². The Balaban J connectivity index is 1.45. The van der Waals surface area contributed by atoms with E-state index in [0.29, 0.717) is 30.6 Å². The molecule has 13 nitrogen and oxygen atoms in total. The molecule has 3 aliphatic heterocycles. The molecule has 5 amide bonds. The van der Waals surface area contributed by atoms with Gasteiger partial charge in [0.25, 0.3) is 0 Å². The summed E-state index contributed by atoms with van der Waals surface area (Å²) >= 11 is 0. The third-order valence-corrected chi connectivity index (χ3v) is 12.6. The molecule has 4 unspecified atom stereocenters. The lowest BCUT2D eigenvalue weighted by Crippen LogP contribution is -2.61. The first-order valence-corrected chi connectivity index (χ1v) is 18.4. The minimum absolute atomic E-state index is 0.0514. The van der Waals surface area contributed by atoms with Crippen LogP contribution in [0, 0.1) is 5.92 Å². The van der Waals surface area contributed by atoms with Crippen molar-refractivity contribution < 1.29 is 32.3 Å². The molecule has 0 spiro atoms. The molecule has 14 heteroatoms. The molecule has 0 aromatic carbocycles. The topological polar surface area (TPSA) is 163 Å². The van der Waals surface area contributed by atoms with Crippen molar-refractivity contribution in [2.24, 2.45) is 11.7 Å². The van der Waals surface area contributed by atoms with Crippen LogP contribution in [0.1, 0.15) is 97.8 Å². The number of nitrogens with zero attached hydrogens (tertiary/aromatic N) is 4. The van der Waals surface area contributed by atoms with Gasteiger partial charge in [-0.25, -0.2) is 22.9 Å². The summed E-state index contributed by atoms with van der Waals surface area (Å²) in [5.74, 6) is -1.46. The largest absolute Gasteiger partial charge is 0.443 e. The van der Waals surface area contributed by atoms with Crippen molar-refractivity contribution in [3.8, 4) is 0 Å². The fraction of sp³-hybridized carbons (Fsp3) is 0.812. The number of likely N-dealkylation sites (tertiary alicyclic amines) is 1. The van der Waals surface area contributed by atoms with Gasteiger partial charge < -0.3 is 25.6 Å². The number of hydrogen-bond acceptors (Lipinski definition) is 8. The maximum absolute atomic E-state index is 14.7. The van der Waals surface area contributed by atoms with E-state index in [4.69, 9.17) is 10.5 Å². The smallest absolute Gasteiger partial charge is 0.419 e. The summed E-state index contributed by atoms with van der Waals surface area (Å²) in [7, 11) is -1.91. The molecule has 2 aliphatic carbocycles. The normalized spacial score (nSPS) is 31.2. The van der Waals surface area contributed by atoms with Gasteiger partial charge in [-0.1, -0.05) is 25.0 Å². The molecule has 3 heterocycles. The average Bonchev–Trinajstić information content (AvgIpc) is 3.87. The minimum Gasteiger partial charge on any atom is -0.443 e. The van der Waals surface area contributed by atoms with Gasteiger partial charge in [0, 0.05) is 24.5 Å². The van der Waals surface area contributed by atoms with E-state index >= 15 is 0 Å². The maximum atomic E-state index is 14.7. The van der Waals surface area contributed by atoms with E-state index in [1.54, 1.807) is 25.1 Å². The number of rotatable bonds is 5. The van der Waals surface area contributed by atoms with E-state index in [-0.39, 0.29) is 37.4 Å². The number of ether oxygens (including phenoxy) is 1. The minimum atomic E-state index is -3.96. The van der Waals surface area contributed by atoms with E-state index in [0.717, 1.165) is 51.6 Å². The summed E-state index contributed by atoms with van der Waals surface area (Å²) in [6.45, 7) is 6.84. The van der Waals surface area contributed by atoms with Crippen molar-refractivity contribution in [1.29, 1.82) is 0 Å². The highest BCUT2D eigenvalue weighted by Crippen LogP contribution is 2.53. The number of nitrogens with one attached hydrogen (secondary N) is 1. The molecule has 258 valence electrons. The quantitative estimate of drug-likeness (QED) is 0.424. The van der Waals surface area contributed by atoms with Crippen LogP contribution in [0.3, 0.4) is 0 Å². The van der Waals surface area contributed by atoms with Gasteiger partial charge in [-0.3, -0.25) is 9.59 Å². The predicted octanol–water partition coefficient (Wildman–Crippen LogP) is 2.90. The number of piperidine rings is 1. The highest BCUT2D eigenvalue weighted by molar-refractivity contribution is 7.90. The first kappa shape index (κ1) is 34.6. The Morgan fingerprint density at radius 1 is 0.978 bits per heavy atom. The van der Waals surface area contributed by atoms with Crippen LogP contribution in [0.4, 0.5) is 9.59 Å². The van der Waals surface area contributed by atoms with Crippen LogP contribution in [0.15, 0.2) is 12.2 Å². The van der Waals surface area contributed by atoms with E-state index < -0.39 is 56.5 Å². The summed E-state index contributed by atoms with van der Waals surface area (Å²) in [6, 6.07) is -3.45. The highest BCUT2D eigenvalue weighted by atomic mass is 32.2. The molecule has 2 saturated carbocycles. The number of urea groups is 1. The number of allylic oxidation sites excluding steroid dienone is 1. The van der Waals surface area contributed by atoms with Crippen LogP contribution in [0.2, 0.25) is 0 Å². The molecule has 0 aromatic rings. The third kappa shape index (κ3) is 7.23. The number of primary amides is 1. The van der Waals surface area contributed by atoms with Crippen LogP contribution in [0.25, 0.3) is 0 Å². The van der Waals surface area contributed by atoms with Gasteiger partial charge in [-0.15, -0.1) is 0 Å². The predicted molar refractivity (Wildman–Crippen MR) is 172 cm³/mol. The number of amides is 5. The van der Waals surface area contributed by atoms with Gasteiger partial charge in [-0.05, 0) is 105 Å². The number of fused-ring (bicyclic) bond motifs is 2. The summed E-state index contributed by atoms with van der Waals surface area (Å²) < 4.78 is 36.5. The monoisotopic (exact) mass is 664 g/mol. The number of hydrogen-bond donors (Lipinski definition) is 2. The first-order chi connectivity index (χ1) is 21.7. The van der Waals surface area contributed by atoms with Gasteiger partial charge in [0.05, 0.1) is 0 Å². The third-order valence-electron chi connectivity index (χ3n) is 9.97. The van der Waals surface area contributed by atoms with E-state index in [1.807, 2.05) is 19.2 Å². The van der Waals surface area contributed by atoms with Crippen molar-refractivity contribution in [2.75, 3.05) is 26.7 Å². The Hall–Kier alpha value is -2.71. The van der Waals surface area contributed by atoms with Crippen LogP contribution in [0.5, 0.6) is 0 Å². The first-order valence-electron chi connectivity index (χ1n) is 17.0. The standard InChI is InChI=1S/C32H52N6O7S/c1-31(2,3)45-30(42)37(29(33)41)26-12-9-7-5-6-8-11-22-21-32(22,34-27(39)25-13-10-18-36(25)28(26)40)46(43,44)38(23-14-15-23)24-16-19-35(4)20-17-24/h8,11,22-26H,5-7,9-10,12-21H2,1-4H3,(H2,33,41)(H,34,39)/b11-8-. The van der Waals surface area contributed by atoms with Gasteiger partial charge in [0.15, 0.2) is 4.87 Å². The molecule has 5 rings (SSSR count). The lowest BCUT2D eigenvalue weighted by Gasteiger charge is -2.39. The number of carbonyl (C=O) groups is 4. The SMILES string of the molecule is CN1CCC(N(C2CC2)S(=O)(=O)C23CC2/C=C\CCCCCC(N(C(N)=O)C(=O)OC(C)(C)C)C(=O)N2CCCC2C(=O)N3)CC1. The van der Waals surface area contributed by atoms with E-state index in [1.165, 1.54) is 4.90 Å². The van der Waals surface area contributed by atoms with Gasteiger partial charge in [0.1, 0.15) is 17.7 Å². The average molecular weight is 665 g/mol. The van der Waals surface area contributed by atoms with Crippen molar-refractivity contribution in [1.82, 2.24) is 24.3 Å². The molecule has 0 radical (unpaired) electrons. The van der Waals surface area contributed by atoms with Crippen molar-refractivity contribution in [3.63, 3.8) is 0 Å². The van der Waals surface area contributed by atoms with Crippen LogP contribution in [-0.4, -0.2) is 113 Å². The number of imide groups is 1. The van der Waals surface area contributed by atoms with E-state index in [9.17, 15) is 27.6 Å². The fourth-order valence-electron chi connectivity index (χ4n) is 7.32. The van der Waals surface area contributed by atoms with Gasteiger partial charge >= 0.3 is 12.1 Å². The molecule has 4 atom stereocenters. The molecule has 3 N–H and O–H groups in total. The Bertz CT molecular complexity index is 1320. The molecule has 2 saturated heterocycles. The number of sulfonamides is 1. The highest BCUT2D eigenvalue weighted by Gasteiger charge is 2.68. The fourth-order valence-corrected chi connectivity index (χ4v) is 9.99. The molecule has 46 heavy (non-hydrogen) atoms. The molecular weight excluding hydrogens is 612 g/mol. The lowest BCUT2D eigenvalue weighted by molar-refractivity contribution is -0.142. The number of carbonyl (C=O) groups excluding carboxylic acids is 4. The zero-order valence-corrected chi connectivity index (χ0v) is 28.6. The van der Waals surface area contributed by atoms with Gasteiger partial charge in [-0.2, -0.15) is 4.31 Å². The lowest BCUT2D eigenvalue weighted by atomic mass is 10.0. The number of nitrogens with two attached hydrogens (primary N) is 1. The van der Waals surface area contributed by atoms with Gasteiger partial charge in [0.2, 0.25) is 21.8 Å². The Morgan fingerprint density at radius 2 is 1.65 bits per heavy atom.